The van der Waals surface area contributed by atoms with Gasteiger partial charge in [-0.05, 0) is 37.8 Å². The molecular weight excluding hydrogens is 334 g/mol. The minimum Gasteiger partial charge on any atom is -0.368 e. The number of hydrogen-bond acceptors (Lipinski definition) is 5. The molecule has 2 aromatic carbocycles. The third-order valence-corrected chi connectivity index (χ3v) is 4.96. The first-order valence-electron chi connectivity index (χ1n) is 9.52. The van der Waals surface area contributed by atoms with Gasteiger partial charge in [-0.2, -0.15) is 9.97 Å². The van der Waals surface area contributed by atoms with Gasteiger partial charge in [0.05, 0.1) is 0 Å². The molecule has 5 heteroatoms. The van der Waals surface area contributed by atoms with Gasteiger partial charge in [0.1, 0.15) is 11.6 Å². The van der Waals surface area contributed by atoms with Crippen LogP contribution in [0.15, 0.2) is 54.6 Å². The van der Waals surface area contributed by atoms with Crippen LogP contribution in [0.2, 0.25) is 0 Å². The summed E-state index contributed by atoms with van der Waals surface area (Å²) in [6.45, 7) is 4.14. The van der Waals surface area contributed by atoms with Crippen LogP contribution in [0.4, 0.5) is 23.3 Å². The number of nitrogens with two attached hydrogens (primary N) is 1. The van der Waals surface area contributed by atoms with Gasteiger partial charge in [-0.1, -0.05) is 48.0 Å². The lowest BCUT2D eigenvalue weighted by Gasteiger charge is -2.28. The van der Waals surface area contributed by atoms with E-state index < -0.39 is 0 Å². The molecule has 138 valence electrons. The van der Waals surface area contributed by atoms with Gasteiger partial charge in [0.2, 0.25) is 5.95 Å². The van der Waals surface area contributed by atoms with Gasteiger partial charge < -0.3 is 16.0 Å². The number of nitrogens with one attached hydrogen (secondary N) is 1. The van der Waals surface area contributed by atoms with Crippen molar-refractivity contribution >= 4 is 23.3 Å². The maximum Gasteiger partial charge on any atom is 0.223 e. The van der Waals surface area contributed by atoms with E-state index in [1.54, 1.807) is 0 Å². The van der Waals surface area contributed by atoms with E-state index in [0.717, 1.165) is 36.0 Å². The van der Waals surface area contributed by atoms with Gasteiger partial charge in [-0.3, -0.25) is 0 Å². The summed E-state index contributed by atoms with van der Waals surface area (Å²) in [6.07, 6.45) is 3.68. The summed E-state index contributed by atoms with van der Waals surface area (Å²) in [5.74, 6) is 1.92. The molecule has 0 bridgehead atoms. The van der Waals surface area contributed by atoms with Gasteiger partial charge in [0.25, 0.3) is 0 Å². The molecule has 1 aliphatic rings. The molecule has 2 heterocycles. The lowest BCUT2D eigenvalue weighted by atomic mass is 10.0. The topological polar surface area (TPSA) is 67.1 Å². The third kappa shape index (κ3) is 4.03. The second-order valence-corrected chi connectivity index (χ2v) is 7.05. The summed E-state index contributed by atoms with van der Waals surface area (Å²) in [6, 6.07) is 18.8. The Hall–Kier alpha value is -3.08. The molecule has 0 radical (unpaired) electrons. The Labute approximate surface area is 160 Å². The number of nitrogen functional groups attached to an aromatic ring is 1. The SMILES string of the molecule is Cc1ccc(-c2ccccc2Nc2cc(N3CCCCC3)nc(N)n2)cc1. The first kappa shape index (κ1) is 17.3. The van der Waals surface area contributed by atoms with E-state index in [-0.39, 0.29) is 0 Å². The molecule has 1 aromatic heterocycles. The average Bonchev–Trinajstić information content (AvgIpc) is 2.69. The maximum atomic E-state index is 6.00. The monoisotopic (exact) mass is 359 g/mol. The van der Waals surface area contributed by atoms with Crippen LogP contribution in [0.5, 0.6) is 0 Å². The highest BCUT2D eigenvalue weighted by atomic mass is 15.2. The van der Waals surface area contributed by atoms with Crippen LogP contribution in [0, 0.1) is 6.92 Å². The van der Waals surface area contributed by atoms with Crippen LogP contribution in [0.25, 0.3) is 11.1 Å². The number of para-hydroxylation sites is 1. The summed E-state index contributed by atoms with van der Waals surface area (Å²) in [5.41, 5.74) is 10.6. The minimum absolute atomic E-state index is 0.299. The predicted molar refractivity (Wildman–Crippen MR) is 112 cm³/mol. The highest BCUT2D eigenvalue weighted by Gasteiger charge is 2.15. The Bertz CT molecular complexity index is 914. The zero-order chi connectivity index (χ0) is 18.6. The second kappa shape index (κ2) is 7.66. The summed E-state index contributed by atoms with van der Waals surface area (Å²) in [7, 11) is 0. The van der Waals surface area contributed by atoms with E-state index in [2.05, 4.69) is 63.5 Å². The van der Waals surface area contributed by atoms with Gasteiger partial charge in [-0.25, -0.2) is 0 Å². The molecule has 0 saturated carbocycles. The largest absolute Gasteiger partial charge is 0.368 e. The number of aromatic nitrogens is 2. The molecule has 3 N–H and O–H groups in total. The normalized spacial score (nSPS) is 14.2. The molecule has 5 nitrogen and oxygen atoms in total. The van der Waals surface area contributed by atoms with Crippen LogP contribution < -0.4 is 16.0 Å². The summed E-state index contributed by atoms with van der Waals surface area (Å²) >= 11 is 0. The molecule has 1 saturated heterocycles. The lowest BCUT2D eigenvalue weighted by molar-refractivity contribution is 0.573. The van der Waals surface area contributed by atoms with Crippen molar-refractivity contribution < 1.29 is 0 Å². The standard InChI is InChI=1S/C22H25N5/c1-16-9-11-17(12-10-16)18-7-3-4-8-19(18)24-20-15-21(26-22(23)25-20)27-13-5-2-6-14-27/h3-4,7-12,15H,2,5-6,13-14H2,1H3,(H3,23,24,25,26). The number of rotatable bonds is 4. The number of piperidine rings is 1. The van der Waals surface area contributed by atoms with E-state index in [1.165, 1.54) is 30.4 Å². The molecule has 4 rings (SSSR count). The first-order chi connectivity index (χ1) is 13.2. The quantitative estimate of drug-likeness (QED) is 0.702. The Balaban J connectivity index is 1.64. The zero-order valence-electron chi connectivity index (χ0n) is 15.7. The molecule has 0 spiro atoms. The highest BCUT2D eigenvalue weighted by Crippen LogP contribution is 2.31. The Morgan fingerprint density at radius 1 is 0.926 bits per heavy atom. The van der Waals surface area contributed by atoms with Crippen molar-refractivity contribution in [1.82, 2.24) is 9.97 Å². The van der Waals surface area contributed by atoms with Gasteiger partial charge in [0.15, 0.2) is 0 Å². The zero-order valence-corrected chi connectivity index (χ0v) is 15.7. The van der Waals surface area contributed by atoms with Crippen molar-refractivity contribution in [1.29, 1.82) is 0 Å². The molecule has 1 fully saturated rings. The van der Waals surface area contributed by atoms with E-state index in [4.69, 9.17) is 5.73 Å². The van der Waals surface area contributed by atoms with E-state index in [0.29, 0.717) is 5.95 Å². The fourth-order valence-electron chi connectivity index (χ4n) is 3.52. The van der Waals surface area contributed by atoms with Crippen molar-refractivity contribution in [2.75, 3.05) is 29.0 Å². The van der Waals surface area contributed by atoms with E-state index in [1.807, 2.05) is 18.2 Å². The van der Waals surface area contributed by atoms with Crippen LogP contribution in [0.3, 0.4) is 0 Å². The van der Waals surface area contributed by atoms with Crippen molar-refractivity contribution in [3.8, 4) is 11.1 Å². The maximum absolute atomic E-state index is 6.00. The van der Waals surface area contributed by atoms with Crippen molar-refractivity contribution in [2.45, 2.75) is 26.2 Å². The van der Waals surface area contributed by atoms with Gasteiger partial charge in [0, 0.05) is 30.4 Å². The van der Waals surface area contributed by atoms with Crippen LogP contribution >= 0.6 is 0 Å². The predicted octanol–water partition coefficient (Wildman–Crippen LogP) is 4.77. The number of hydrogen-bond donors (Lipinski definition) is 2. The molecule has 0 unspecified atom stereocenters. The molecule has 0 amide bonds. The minimum atomic E-state index is 0.299. The lowest BCUT2D eigenvalue weighted by Crippen LogP contribution is -2.30. The molecule has 0 aliphatic carbocycles. The summed E-state index contributed by atoms with van der Waals surface area (Å²) in [4.78, 5) is 11.1. The highest BCUT2D eigenvalue weighted by molar-refractivity contribution is 5.80. The average molecular weight is 359 g/mol. The number of anilines is 4. The molecular formula is C22H25N5. The number of benzene rings is 2. The van der Waals surface area contributed by atoms with Crippen LogP contribution in [-0.4, -0.2) is 23.1 Å². The van der Waals surface area contributed by atoms with Gasteiger partial charge in [-0.15, -0.1) is 0 Å². The van der Waals surface area contributed by atoms with E-state index >= 15 is 0 Å². The number of nitrogens with zero attached hydrogens (tertiary/aromatic N) is 3. The van der Waals surface area contributed by atoms with Crippen LogP contribution in [-0.2, 0) is 0 Å². The van der Waals surface area contributed by atoms with Crippen molar-refractivity contribution in [2.24, 2.45) is 0 Å². The van der Waals surface area contributed by atoms with E-state index in [9.17, 15) is 0 Å². The van der Waals surface area contributed by atoms with Crippen molar-refractivity contribution in [3.63, 3.8) is 0 Å². The smallest absolute Gasteiger partial charge is 0.223 e. The Kier molecular flexibility index (Phi) is 4.92. The summed E-state index contributed by atoms with van der Waals surface area (Å²) < 4.78 is 0. The van der Waals surface area contributed by atoms with Crippen molar-refractivity contribution in [3.05, 3.63) is 60.2 Å². The molecule has 27 heavy (non-hydrogen) atoms. The fourth-order valence-corrected chi connectivity index (χ4v) is 3.52. The third-order valence-electron chi connectivity index (χ3n) is 4.96. The Morgan fingerprint density at radius 3 is 2.44 bits per heavy atom. The second-order valence-electron chi connectivity index (χ2n) is 7.05. The van der Waals surface area contributed by atoms with Crippen LogP contribution in [0.1, 0.15) is 24.8 Å². The molecule has 1 aliphatic heterocycles. The first-order valence-corrected chi connectivity index (χ1v) is 9.52. The molecule has 3 aromatic rings. The number of aryl methyl sites for hydroxylation is 1. The van der Waals surface area contributed by atoms with Gasteiger partial charge >= 0.3 is 0 Å². The fraction of sp³-hybridized carbons (Fsp3) is 0.273. The molecule has 0 atom stereocenters. The Morgan fingerprint density at radius 2 is 1.67 bits per heavy atom. The summed E-state index contributed by atoms with van der Waals surface area (Å²) in [5, 5.41) is 3.45.